The molecule has 186 valence electrons. The van der Waals surface area contributed by atoms with Crippen molar-refractivity contribution >= 4 is 17.3 Å². The molecule has 0 unspecified atom stereocenters. The topological polar surface area (TPSA) is 89.3 Å². The molecule has 7 nitrogen and oxygen atoms in total. The molecule has 1 aromatic heterocycles. The Bertz CT molecular complexity index is 1100. The number of pyridine rings is 1. The molecule has 3 aromatic rings. The highest BCUT2D eigenvalue weighted by atomic mass is 35.5. The fourth-order valence-electron chi connectivity index (χ4n) is 4.30. The van der Waals surface area contributed by atoms with Crippen molar-refractivity contribution in [2.45, 2.75) is 18.8 Å². The summed E-state index contributed by atoms with van der Waals surface area (Å²) in [5.74, 6) is 0.275. The second-order valence-electron chi connectivity index (χ2n) is 8.47. The lowest BCUT2D eigenvalue weighted by atomic mass is 10.0. The van der Waals surface area contributed by atoms with Gasteiger partial charge < -0.3 is 25.0 Å². The number of aromatic nitrogens is 1. The molecule has 1 saturated heterocycles. The summed E-state index contributed by atoms with van der Waals surface area (Å²) in [5, 5.41) is 29.5. The van der Waals surface area contributed by atoms with Gasteiger partial charge in [-0.25, -0.2) is 4.39 Å². The average Bonchev–Trinajstić information content (AvgIpc) is 2.88. The number of nitrogens with zero attached hydrogens (tertiary/aromatic N) is 3. The first-order valence-corrected chi connectivity index (χ1v) is 11.9. The van der Waals surface area contributed by atoms with Gasteiger partial charge in [-0.1, -0.05) is 29.8 Å². The van der Waals surface area contributed by atoms with Crippen molar-refractivity contribution in [2.24, 2.45) is 0 Å². The highest BCUT2D eigenvalue weighted by molar-refractivity contribution is 6.33. The molecule has 2 atom stereocenters. The maximum atomic E-state index is 13.6. The third-order valence-electron chi connectivity index (χ3n) is 6.11. The minimum Gasteiger partial charge on any atom is -0.491 e. The second-order valence-corrected chi connectivity index (χ2v) is 8.88. The van der Waals surface area contributed by atoms with Gasteiger partial charge >= 0.3 is 0 Å². The zero-order valence-corrected chi connectivity index (χ0v) is 20.0. The van der Waals surface area contributed by atoms with Crippen LogP contribution in [0.5, 0.6) is 5.75 Å². The predicted molar refractivity (Wildman–Crippen MR) is 132 cm³/mol. The van der Waals surface area contributed by atoms with E-state index in [0.29, 0.717) is 48.2 Å². The Morgan fingerprint density at radius 1 is 1.09 bits per heavy atom. The summed E-state index contributed by atoms with van der Waals surface area (Å²) in [6, 6.07) is 15.2. The number of benzene rings is 2. The van der Waals surface area contributed by atoms with Gasteiger partial charge in [0.25, 0.3) is 0 Å². The number of aliphatic hydroxyl groups is 3. The molecule has 2 aromatic carbocycles. The lowest BCUT2D eigenvalue weighted by Crippen LogP contribution is -2.49. The van der Waals surface area contributed by atoms with Crippen LogP contribution in [0.15, 0.2) is 60.8 Å². The van der Waals surface area contributed by atoms with E-state index in [2.05, 4.69) is 14.8 Å². The van der Waals surface area contributed by atoms with Crippen LogP contribution in [0.1, 0.15) is 29.0 Å². The van der Waals surface area contributed by atoms with E-state index in [1.54, 1.807) is 36.5 Å². The van der Waals surface area contributed by atoms with E-state index >= 15 is 0 Å². The van der Waals surface area contributed by atoms with Crippen LogP contribution in [0.2, 0.25) is 5.02 Å². The van der Waals surface area contributed by atoms with Crippen LogP contribution in [0, 0.1) is 5.82 Å². The highest BCUT2D eigenvalue weighted by Gasteiger charge is 2.31. The van der Waals surface area contributed by atoms with Crippen LogP contribution < -0.4 is 9.64 Å². The molecule has 0 aliphatic carbocycles. The van der Waals surface area contributed by atoms with Gasteiger partial charge in [0.2, 0.25) is 0 Å². The minimum absolute atomic E-state index is 0.0824. The fourth-order valence-corrected chi connectivity index (χ4v) is 4.58. The Morgan fingerprint density at radius 3 is 2.54 bits per heavy atom. The molecule has 0 spiro atoms. The first kappa shape index (κ1) is 25.3. The molecule has 1 aliphatic rings. The minimum atomic E-state index is -0.783. The zero-order valence-electron chi connectivity index (χ0n) is 19.2. The summed E-state index contributed by atoms with van der Waals surface area (Å²) in [4.78, 5) is 8.61. The van der Waals surface area contributed by atoms with Crippen molar-refractivity contribution < 1.29 is 24.4 Å². The maximum Gasteiger partial charge on any atom is 0.123 e. The largest absolute Gasteiger partial charge is 0.491 e. The number of anilines is 1. The number of rotatable bonds is 9. The van der Waals surface area contributed by atoms with Gasteiger partial charge in [0.15, 0.2) is 0 Å². The van der Waals surface area contributed by atoms with Gasteiger partial charge in [0.05, 0.1) is 35.7 Å². The van der Waals surface area contributed by atoms with Crippen molar-refractivity contribution in [2.75, 3.05) is 44.3 Å². The number of hydrogen-bond acceptors (Lipinski definition) is 7. The molecule has 0 saturated carbocycles. The molecule has 35 heavy (non-hydrogen) atoms. The number of piperazine rings is 1. The number of hydrogen-bond donors (Lipinski definition) is 3. The van der Waals surface area contributed by atoms with Crippen LogP contribution in [-0.2, 0) is 6.61 Å². The standard InChI is InChI=1S/C26H29ClFN3O4/c27-22-13-21(35-12-11-32)6-8-24(22)31-10-9-30(15-25(31)19-2-4-20(28)5-3-19)16-26(34)23-7-1-18(17-33)14-29-23/h1-8,13-14,25-26,32-34H,9-12,15-17H2/t25-,26+/m0/s1. The molecule has 2 heterocycles. The molecule has 3 N–H and O–H groups in total. The van der Waals surface area contributed by atoms with E-state index < -0.39 is 6.10 Å². The normalized spacial score (nSPS) is 17.4. The summed E-state index contributed by atoms with van der Waals surface area (Å²) < 4.78 is 19.1. The summed E-state index contributed by atoms with van der Waals surface area (Å²) in [7, 11) is 0. The third kappa shape index (κ3) is 6.28. The van der Waals surface area contributed by atoms with E-state index in [1.165, 1.54) is 12.1 Å². The van der Waals surface area contributed by atoms with Gasteiger partial charge in [-0.15, -0.1) is 0 Å². The van der Waals surface area contributed by atoms with Crippen LogP contribution >= 0.6 is 11.6 Å². The predicted octanol–water partition coefficient (Wildman–Crippen LogP) is 3.33. The Kier molecular flexibility index (Phi) is 8.54. The lowest BCUT2D eigenvalue weighted by molar-refractivity contribution is 0.0975. The van der Waals surface area contributed by atoms with Crippen molar-refractivity contribution in [3.05, 3.63) is 88.5 Å². The molecule has 0 bridgehead atoms. The average molecular weight is 502 g/mol. The molecule has 1 aliphatic heterocycles. The van der Waals surface area contributed by atoms with E-state index in [-0.39, 0.29) is 31.7 Å². The zero-order chi connectivity index (χ0) is 24.8. The number of aliphatic hydroxyl groups excluding tert-OH is 3. The quantitative estimate of drug-likeness (QED) is 0.414. The van der Waals surface area contributed by atoms with E-state index in [1.807, 2.05) is 12.1 Å². The fraction of sp³-hybridized carbons (Fsp3) is 0.346. The lowest BCUT2D eigenvalue weighted by Gasteiger charge is -2.44. The molecule has 0 amide bonds. The smallest absolute Gasteiger partial charge is 0.123 e. The second kappa shape index (κ2) is 11.8. The van der Waals surface area contributed by atoms with Crippen LogP contribution in [-0.4, -0.2) is 64.6 Å². The van der Waals surface area contributed by atoms with Crippen LogP contribution in [0.25, 0.3) is 0 Å². The summed E-state index contributed by atoms with van der Waals surface area (Å²) in [6.07, 6.45) is 0.781. The van der Waals surface area contributed by atoms with Crippen molar-refractivity contribution in [3.63, 3.8) is 0 Å². The monoisotopic (exact) mass is 501 g/mol. The first-order chi connectivity index (χ1) is 17.0. The third-order valence-corrected chi connectivity index (χ3v) is 6.41. The van der Waals surface area contributed by atoms with Crippen LogP contribution in [0.4, 0.5) is 10.1 Å². The van der Waals surface area contributed by atoms with Gasteiger partial charge in [0.1, 0.15) is 24.3 Å². The SMILES string of the molecule is OCCOc1ccc(N2CCN(C[C@@H](O)c3ccc(CO)cn3)C[C@H]2c2ccc(F)cc2)c(Cl)c1. The van der Waals surface area contributed by atoms with Crippen molar-refractivity contribution in [1.82, 2.24) is 9.88 Å². The molecular formula is C26H29ClFN3O4. The molecule has 9 heteroatoms. The van der Waals surface area contributed by atoms with Gasteiger partial charge in [0, 0.05) is 38.4 Å². The van der Waals surface area contributed by atoms with Crippen molar-refractivity contribution in [1.29, 1.82) is 0 Å². The Labute approximate surface area is 209 Å². The summed E-state index contributed by atoms with van der Waals surface area (Å²) in [5.41, 5.74) is 3.01. The van der Waals surface area contributed by atoms with E-state index in [0.717, 1.165) is 11.3 Å². The molecule has 0 radical (unpaired) electrons. The maximum absolute atomic E-state index is 13.6. The molecule has 1 fully saturated rings. The summed E-state index contributed by atoms with van der Waals surface area (Å²) in [6.45, 7) is 2.31. The molecule has 4 rings (SSSR count). The van der Waals surface area contributed by atoms with E-state index in [9.17, 15) is 14.6 Å². The summed E-state index contributed by atoms with van der Waals surface area (Å²) >= 11 is 6.62. The number of β-amino-alcohol motifs (C(OH)–C–C–N with tert-alkyl or cyclic N) is 1. The Balaban J connectivity index is 1.54. The van der Waals surface area contributed by atoms with Crippen molar-refractivity contribution in [3.8, 4) is 5.75 Å². The van der Waals surface area contributed by atoms with E-state index in [4.69, 9.17) is 21.4 Å². The number of ether oxygens (including phenoxy) is 1. The Hall–Kier alpha value is -2.75. The molecular weight excluding hydrogens is 473 g/mol. The van der Waals surface area contributed by atoms with Gasteiger partial charge in [-0.2, -0.15) is 0 Å². The Morgan fingerprint density at radius 2 is 1.89 bits per heavy atom. The highest BCUT2D eigenvalue weighted by Crippen LogP contribution is 2.37. The van der Waals surface area contributed by atoms with Gasteiger partial charge in [-0.3, -0.25) is 9.88 Å². The van der Waals surface area contributed by atoms with Crippen LogP contribution in [0.3, 0.4) is 0 Å². The first-order valence-electron chi connectivity index (χ1n) is 11.5. The van der Waals surface area contributed by atoms with Gasteiger partial charge in [-0.05, 0) is 41.5 Å². The number of halogens is 2.